The van der Waals surface area contributed by atoms with Crippen molar-refractivity contribution in [1.82, 2.24) is 13.7 Å². The predicted octanol–water partition coefficient (Wildman–Crippen LogP) is 4.67. The van der Waals surface area contributed by atoms with Crippen LogP contribution in [0, 0.1) is 19.8 Å². The van der Waals surface area contributed by atoms with Crippen LogP contribution in [-0.4, -0.2) is 43.1 Å². The first-order valence-electron chi connectivity index (χ1n) is 10.7. The molecule has 0 aromatic carbocycles. The van der Waals surface area contributed by atoms with E-state index in [-0.39, 0.29) is 27.6 Å². The molecule has 1 aliphatic rings. The number of aryl methyl sites for hydroxylation is 2. The zero-order valence-electron chi connectivity index (χ0n) is 19.5. The number of sulfonamides is 1. The first kappa shape index (κ1) is 25.6. The molecular weight excluding hydrogens is 482 g/mol. The molecule has 0 bridgehead atoms. The van der Waals surface area contributed by atoms with Crippen molar-refractivity contribution in [1.29, 1.82) is 0 Å². The number of amidine groups is 1. The van der Waals surface area contributed by atoms with Crippen molar-refractivity contribution in [2.24, 2.45) is 15.9 Å². The van der Waals surface area contributed by atoms with Crippen LogP contribution < -0.4 is 9.44 Å². The van der Waals surface area contributed by atoms with E-state index < -0.39 is 10.0 Å². The molecule has 2 aromatic heterocycles. The van der Waals surface area contributed by atoms with E-state index in [0.29, 0.717) is 18.9 Å². The highest BCUT2D eigenvalue weighted by Gasteiger charge is 2.32. The van der Waals surface area contributed by atoms with Crippen molar-refractivity contribution in [3.63, 3.8) is 0 Å². The Morgan fingerprint density at radius 2 is 2.03 bits per heavy atom. The van der Waals surface area contributed by atoms with Gasteiger partial charge in [-0.2, -0.15) is 4.31 Å². The molecule has 0 radical (unpaired) electrons. The molecule has 182 valence electrons. The average Bonchev–Trinajstić information content (AvgIpc) is 3.47. The molecule has 9 nitrogen and oxygen atoms in total. The molecule has 1 fully saturated rings. The fraction of sp³-hybridized carbons (Fsp3) is 0.524. The summed E-state index contributed by atoms with van der Waals surface area (Å²) >= 11 is 2.14. The lowest BCUT2D eigenvalue weighted by atomic mass is 10.0. The van der Waals surface area contributed by atoms with Crippen LogP contribution in [0.5, 0.6) is 5.75 Å². The number of rotatable bonds is 9. The molecule has 12 heteroatoms. The Hall–Kier alpha value is -2.02. The average molecular weight is 514 g/mol. The molecule has 0 saturated carbocycles. The number of thiophene rings is 1. The second-order valence-electron chi connectivity index (χ2n) is 8.24. The summed E-state index contributed by atoms with van der Waals surface area (Å²) in [5.74, 6) is 2.19. The Labute approximate surface area is 203 Å². The van der Waals surface area contributed by atoms with Crippen LogP contribution in [0.25, 0.3) is 0 Å². The van der Waals surface area contributed by atoms with Gasteiger partial charge in [-0.1, -0.05) is 13.8 Å². The molecule has 1 saturated heterocycles. The predicted molar refractivity (Wildman–Crippen MR) is 135 cm³/mol. The standard InChI is InChI=1S/C21H31N5O4S3/c1-13(2)19(18-10-14(3)15(4)30-18)22-12-23-32-25-16(5)24-17-11-31-21(20(17)27)33(28,29)26-8-6-7-9-26/h10-13,19,27H,6-9H2,1-5H3,(H,22,23)(H,24,25)/t19-/m1/s1. The first-order valence-corrected chi connectivity index (χ1v) is 13.9. The van der Waals surface area contributed by atoms with Crippen LogP contribution in [0.3, 0.4) is 0 Å². The molecule has 0 unspecified atom stereocenters. The summed E-state index contributed by atoms with van der Waals surface area (Å²) in [6.45, 7) is 10.8. The Morgan fingerprint density at radius 1 is 1.33 bits per heavy atom. The zero-order valence-corrected chi connectivity index (χ0v) is 21.9. The van der Waals surface area contributed by atoms with Gasteiger partial charge in [0.15, 0.2) is 9.96 Å². The summed E-state index contributed by atoms with van der Waals surface area (Å²) in [4.78, 5) is 8.87. The summed E-state index contributed by atoms with van der Waals surface area (Å²) in [6.07, 6.45) is 3.28. The lowest BCUT2D eigenvalue weighted by molar-refractivity contribution is 0.393. The van der Waals surface area contributed by atoms with Gasteiger partial charge in [-0.25, -0.2) is 13.4 Å². The van der Waals surface area contributed by atoms with Gasteiger partial charge in [-0.05, 0) is 51.2 Å². The molecule has 3 heterocycles. The Morgan fingerprint density at radius 3 is 2.64 bits per heavy atom. The monoisotopic (exact) mass is 513 g/mol. The zero-order chi connectivity index (χ0) is 24.2. The molecule has 0 aliphatic carbocycles. The quantitative estimate of drug-likeness (QED) is 0.193. The molecule has 0 spiro atoms. The van der Waals surface area contributed by atoms with E-state index in [4.69, 9.17) is 4.42 Å². The second-order valence-corrected chi connectivity index (χ2v) is 11.9. The Kier molecular flexibility index (Phi) is 8.48. The number of hydrogen-bond acceptors (Lipinski definition) is 8. The minimum atomic E-state index is -3.68. The fourth-order valence-electron chi connectivity index (χ4n) is 3.40. The van der Waals surface area contributed by atoms with Gasteiger partial charge in [0.1, 0.15) is 29.1 Å². The van der Waals surface area contributed by atoms with E-state index in [2.05, 4.69) is 33.3 Å². The number of hydrogen-bond donors (Lipinski definition) is 3. The van der Waals surface area contributed by atoms with Crippen LogP contribution in [0.4, 0.5) is 5.69 Å². The number of aliphatic imine (C=N–C) groups is 2. The minimum Gasteiger partial charge on any atom is -0.504 e. The summed E-state index contributed by atoms with van der Waals surface area (Å²) in [7, 11) is -3.68. The molecule has 1 atom stereocenters. The fourth-order valence-corrected chi connectivity index (χ4v) is 6.63. The number of aromatic hydroxyl groups is 1. The normalized spacial score (nSPS) is 16.7. The van der Waals surface area contributed by atoms with Crippen molar-refractivity contribution in [2.75, 3.05) is 13.1 Å². The highest BCUT2D eigenvalue weighted by Crippen LogP contribution is 2.41. The SMILES string of the molecule is CC(=Nc1csc(S(=O)(=O)N2CCCC2)c1O)NSNC=N[C@@H](c1cc(C)c(C)o1)C(C)C. The summed E-state index contributed by atoms with van der Waals surface area (Å²) < 4.78 is 38.5. The lowest BCUT2D eigenvalue weighted by Crippen LogP contribution is -2.27. The van der Waals surface area contributed by atoms with Gasteiger partial charge in [-0.3, -0.25) is 4.99 Å². The maximum atomic E-state index is 12.7. The minimum absolute atomic E-state index is 0.0583. The van der Waals surface area contributed by atoms with Gasteiger partial charge in [0, 0.05) is 18.5 Å². The number of nitrogens with one attached hydrogen (secondary N) is 2. The van der Waals surface area contributed by atoms with Gasteiger partial charge in [0.25, 0.3) is 10.0 Å². The highest BCUT2D eigenvalue weighted by atomic mass is 32.2. The maximum Gasteiger partial charge on any atom is 0.256 e. The summed E-state index contributed by atoms with van der Waals surface area (Å²) in [5, 5.41) is 12.0. The maximum absolute atomic E-state index is 12.7. The molecule has 0 amide bonds. The van der Waals surface area contributed by atoms with Gasteiger partial charge in [0.2, 0.25) is 0 Å². The third-order valence-corrected chi connectivity index (χ3v) is 9.29. The topological polar surface area (TPSA) is 120 Å². The molecular formula is C21H31N5O4S3. The van der Waals surface area contributed by atoms with E-state index in [1.54, 1.807) is 18.6 Å². The van der Waals surface area contributed by atoms with Crippen molar-refractivity contribution >= 4 is 51.4 Å². The smallest absolute Gasteiger partial charge is 0.256 e. The molecule has 3 N–H and O–H groups in total. The third kappa shape index (κ3) is 6.11. The van der Waals surface area contributed by atoms with Gasteiger partial charge in [0.05, 0.1) is 18.5 Å². The van der Waals surface area contributed by atoms with Gasteiger partial charge < -0.3 is 19.0 Å². The summed E-state index contributed by atoms with van der Waals surface area (Å²) in [5.41, 5.74) is 1.33. The second kappa shape index (κ2) is 10.9. The Bertz CT molecular complexity index is 1100. The molecule has 1 aliphatic heterocycles. The first-order chi connectivity index (χ1) is 15.6. The summed E-state index contributed by atoms with van der Waals surface area (Å²) in [6, 6.07) is 1.92. The van der Waals surface area contributed by atoms with Crippen LogP contribution in [0.1, 0.15) is 56.7 Å². The van der Waals surface area contributed by atoms with E-state index in [1.807, 2.05) is 19.9 Å². The van der Waals surface area contributed by atoms with E-state index in [9.17, 15) is 13.5 Å². The van der Waals surface area contributed by atoms with Crippen LogP contribution in [0.15, 0.2) is 30.1 Å². The Balaban J connectivity index is 1.57. The van der Waals surface area contributed by atoms with Crippen molar-refractivity contribution in [3.8, 4) is 5.75 Å². The van der Waals surface area contributed by atoms with Crippen LogP contribution in [0.2, 0.25) is 0 Å². The highest BCUT2D eigenvalue weighted by molar-refractivity contribution is 7.96. The van der Waals surface area contributed by atoms with Gasteiger partial charge in [-0.15, -0.1) is 11.3 Å². The third-order valence-electron chi connectivity index (χ3n) is 5.29. The largest absolute Gasteiger partial charge is 0.504 e. The van der Waals surface area contributed by atoms with Crippen molar-refractivity contribution in [3.05, 3.63) is 28.5 Å². The molecule has 33 heavy (non-hydrogen) atoms. The van der Waals surface area contributed by atoms with Crippen molar-refractivity contribution in [2.45, 2.75) is 57.7 Å². The van der Waals surface area contributed by atoms with Crippen LogP contribution in [-0.2, 0) is 10.0 Å². The van der Waals surface area contributed by atoms with E-state index in [0.717, 1.165) is 53.4 Å². The number of nitrogens with zero attached hydrogens (tertiary/aromatic N) is 3. The van der Waals surface area contributed by atoms with E-state index in [1.165, 1.54) is 4.31 Å². The van der Waals surface area contributed by atoms with Crippen LogP contribution >= 0.6 is 23.5 Å². The van der Waals surface area contributed by atoms with E-state index >= 15 is 0 Å². The number of furan rings is 1. The molecule has 3 rings (SSSR count). The van der Waals surface area contributed by atoms with Gasteiger partial charge >= 0.3 is 0 Å². The lowest BCUT2D eigenvalue weighted by Gasteiger charge is -2.14. The van der Waals surface area contributed by atoms with Crippen molar-refractivity contribution < 1.29 is 17.9 Å². The molecule has 2 aromatic rings.